The smallest absolute Gasteiger partial charge is 0.399 e. The number of benzene rings is 5. The highest BCUT2D eigenvalue weighted by Gasteiger charge is 2.30. The number of hydrogen-bond donors (Lipinski definition) is 0. The van der Waals surface area contributed by atoms with Gasteiger partial charge < -0.3 is 9.05 Å². The van der Waals surface area contributed by atoms with Gasteiger partial charge in [-0.1, -0.05) is 127 Å². The maximum atomic E-state index is 14.3. The summed E-state index contributed by atoms with van der Waals surface area (Å²) in [7, 11) is -4.14. The molecular formula is C32H25N2O3P. The molecule has 0 aliphatic heterocycles. The SMILES string of the molecule is O=P(N=C(N=C(c1ccccc1)c1ccccc1)c1ccccc1)(Oc1ccccc1)Oc1ccccc1. The van der Waals surface area contributed by atoms with Crippen LogP contribution in [-0.2, 0) is 4.57 Å². The van der Waals surface area contributed by atoms with Crippen LogP contribution in [0.1, 0.15) is 16.7 Å². The Balaban J connectivity index is 1.69. The number of amidine groups is 1. The van der Waals surface area contributed by atoms with E-state index < -0.39 is 7.75 Å². The van der Waals surface area contributed by atoms with Gasteiger partial charge in [-0.05, 0) is 24.3 Å². The minimum absolute atomic E-state index is 0.225. The van der Waals surface area contributed by atoms with Crippen LogP contribution in [0.2, 0.25) is 0 Å². The molecule has 5 aromatic carbocycles. The monoisotopic (exact) mass is 516 g/mol. The zero-order valence-electron chi connectivity index (χ0n) is 20.5. The molecular weight excluding hydrogens is 491 g/mol. The average Bonchev–Trinajstić information content (AvgIpc) is 2.97. The molecule has 0 amide bonds. The molecule has 0 spiro atoms. The molecule has 0 aliphatic rings. The van der Waals surface area contributed by atoms with E-state index >= 15 is 0 Å². The van der Waals surface area contributed by atoms with Crippen molar-refractivity contribution < 1.29 is 13.6 Å². The molecule has 0 bridgehead atoms. The van der Waals surface area contributed by atoms with E-state index in [1.54, 1.807) is 48.5 Å². The second-order valence-corrected chi connectivity index (χ2v) is 9.76. The second-order valence-electron chi connectivity index (χ2n) is 8.26. The number of hydrogen-bond acceptors (Lipinski definition) is 3. The van der Waals surface area contributed by atoms with Gasteiger partial charge in [0.1, 0.15) is 11.5 Å². The van der Waals surface area contributed by atoms with Gasteiger partial charge in [-0.2, -0.15) is 0 Å². The third-order valence-corrected chi connectivity index (χ3v) is 6.81. The first-order valence-electron chi connectivity index (χ1n) is 12.1. The van der Waals surface area contributed by atoms with Gasteiger partial charge in [-0.25, -0.2) is 9.56 Å². The van der Waals surface area contributed by atoms with E-state index in [0.29, 0.717) is 22.8 Å². The van der Waals surface area contributed by atoms with Crippen molar-refractivity contribution in [2.45, 2.75) is 0 Å². The number of para-hydroxylation sites is 2. The van der Waals surface area contributed by atoms with Crippen LogP contribution in [0.25, 0.3) is 0 Å². The second kappa shape index (κ2) is 12.0. The van der Waals surface area contributed by atoms with Crippen LogP contribution in [0.15, 0.2) is 161 Å². The van der Waals surface area contributed by atoms with Crippen molar-refractivity contribution >= 4 is 19.3 Å². The molecule has 5 rings (SSSR count). The third-order valence-electron chi connectivity index (χ3n) is 5.49. The minimum atomic E-state index is -4.14. The summed E-state index contributed by atoms with van der Waals surface area (Å²) >= 11 is 0. The average molecular weight is 517 g/mol. The maximum Gasteiger partial charge on any atom is 0.565 e. The number of aliphatic imine (C=N–C) groups is 1. The van der Waals surface area contributed by atoms with Crippen LogP contribution in [0.4, 0.5) is 0 Å². The van der Waals surface area contributed by atoms with Crippen molar-refractivity contribution in [1.82, 2.24) is 0 Å². The van der Waals surface area contributed by atoms with E-state index in [2.05, 4.69) is 4.76 Å². The summed E-state index contributed by atoms with van der Waals surface area (Å²) in [6, 6.07) is 46.8. The van der Waals surface area contributed by atoms with Crippen LogP contribution in [0.5, 0.6) is 11.5 Å². The van der Waals surface area contributed by atoms with Crippen LogP contribution >= 0.6 is 7.75 Å². The Hall–Kier alpha value is -4.73. The Morgan fingerprint density at radius 3 is 1.21 bits per heavy atom. The highest BCUT2D eigenvalue weighted by atomic mass is 31.2. The summed E-state index contributed by atoms with van der Waals surface area (Å²) in [4.78, 5) is 4.99. The van der Waals surface area contributed by atoms with Crippen LogP contribution in [0.3, 0.4) is 0 Å². The van der Waals surface area contributed by atoms with Gasteiger partial charge in [0, 0.05) is 16.7 Å². The van der Waals surface area contributed by atoms with Gasteiger partial charge in [-0.15, -0.1) is 4.76 Å². The normalized spacial score (nSPS) is 11.4. The first-order valence-corrected chi connectivity index (χ1v) is 13.6. The molecule has 0 saturated carbocycles. The van der Waals surface area contributed by atoms with E-state index in [4.69, 9.17) is 14.0 Å². The molecule has 0 atom stereocenters. The van der Waals surface area contributed by atoms with Gasteiger partial charge in [0.05, 0.1) is 5.71 Å². The fraction of sp³-hybridized carbons (Fsp3) is 0. The van der Waals surface area contributed by atoms with E-state index in [-0.39, 0.29) is 5.84 Å². The lowest BCUT2D eigenvalue weighted by molar-refractivity contribution is 0.388. The van der Waals surface area contributed by atoms with Gasteiger partial charge in [0.25, 0.3) is 0 Å². The lowest BCUT2D eigenvalue weighted by Crippen LogP contribution is -2.10. The molecule has 0 aromatic heterocycles. The quantitative estimate of drug-likeness (QED) is 0.119. The predicted molar refractivity (Wildman–Crippen MR) is 153 cm³/mol. The summed E-state index contributed by atoms with van der Waals surface area (Å²) in [5.41, 5.74) is 3.14. The Morgan fingerprint density at radius 1 is 0.474 bits per heavy atom. The molecule has 0 N–H and O–H groups in total. The summed E-state index contributed by atoms with van der Waals surface area (Å²) < 4.78 is 30.7. The van der Waals surface area contributed by atoms with Crippen LogP contribution < -0.4 is 9.05 Å². The van der Waals surface area contributed by atoms with Crippen molar-refractivity contribution in [3.63, 3.8) is 0 Å². The highest BCUT2D eigenvalue weighted by molar-refractivity contribution is 7.53. The minimum Gasteiger partial charge on any atom is -0.399 e. The first kappa shape index (κ1) is 24.9. The molecule has 5 nitrogen and oxygen atoms in total. The van der Waals surface area contributed by atoms with Crippen molar-refractivity contribution in [3.8, 4) is 11.5 Å². The zero-order chi connectivity index (χ0) is 26.0. The summed E-state index contributed by atoms with van der Waals surface area (Å²) in [6.45, 7) is 0. The van der Waals surface area contributed by atoms with E-state index in [1.807, 2.05) is 103 Å². The van der Waals surface area contributed by atoms with Crippen molar-refractivity contribution in [3.05, 3.63) is 168 Å². The maximum absolute atomic E-state index is 14.3. The fourth-order valence-electron chi connectivity index (χ4n) is 3.73. The molecule has 38 heavy (non-hydrogen) atoms. The van der Waals surface area contributed by atoms with Crippen LogP contribution in [0, 0.1) is 0 Å². The highest BCUT2D eigenvalue weighted by Crippen LogP contribution is 2.50. The molecule has 0 fully saturated rings. The zero-order valence-corrected chi connectivity index (χ0v) is 21.4. The van der Waals surface area contributed by atoms with Crippen molar-refractivity contribution in [2.24, 2.45) is 9.76 Å². The van der Waals surface area contributed by atoms with Gasteiger partial charge >= 0.3 is 7.75 Å². The molecule has 186 valence electrons. The predicted octanol–water partition coefficient (Wildman–Crippen LogP) is 8.24. The Morgan fingerprint density at radius 2 is 0.816 bits per heavy atom. The summed E-state index contributed by atoms with van der Waals surface area (Å²) in [5.74, 6) is 0.972. The lowest BCUT2D eigenvalue weighted by Gasteiger charge is -2.17. The first-order chi connectivity index (χ1) is 18.7. The van der Waals surface area contributed by atoms with E-state index in [1.165, 1.54) is 0 Å². The topological polar surface area (TPSA) is 60.2 Å². The number of rotatable bonds is 8. The Kier molecular flexibility index (Phi) is 7.88. The lowest BCUT2D eigenvalue weighted by atomic mass is 10.0. The molecule has 6 heteroatoms. The molecule has 0 saturated heterocycles. The third kappa shape index (κ3) is 6.52. The van der Waals surface area contributed by atoms with E-state index in [0.717, 1.165) is 11.1 Å². The summed E-state index contributed by atoms with van der Waals surface area (Å²) in [6.07, 6.45) is 0. The van der Waals surface area contributed by atoms with Gasteiger partial charge in [-0.3, -0.25) is 0 Å². The molecule has 0 heterocycles. The number of nitrogens with zero attached hydrogens (tertiary/aromatic N) is 2. The molecule has 5 aromatic rings. The molecule has 0 unspecified atom stereocenters. The van der Waals surface area contributed by atoms with Gasteiger partial charge in [0.2, 0.25) is 0 Å². The standard InChI is InChI=1S/C32H25N2O3P/c35-38(36-29-22-12-4-13-23-29,37-30-24-14-5-15-25-30)34-32(28-20-10-3-11-21-28)33-31(26-16-6-1-7-17-26)27-18-8-2-9-19-27/h1-25H. The molecule has 0 aliphatic carbocycles. The largest absolute Gasteiger partial charge is 0.565 e. The fourth-order valence-corrected chi connectivity index (χ4v) is 5.02. The van der Waals surface area contributed by atoms with Crippen molar-refractivity contribution in [2.75, 3.05) is 0 Å². The summed E-state index contributed by atoms with van der Waals surface area (Å²) in [5, 5.41) is 0. The Labute approximate surface area is 222 Å². The van der Waals surface area contributed by atoms with E-state index in [9.17, 15) is 4.57 Å². The van der Waals surface area contributed by atoms with Crippen LogP contribution in [-0.4, -0.2) is 11.5 Å². The van der Waals surface area contributed by atoms with Crippen molar-refractivity contribution in [1.29, 1.82) is 0 Å². The Bertz CT molecular complexity index is 1470. The molecule has 0 radical (unpaired) electrons. The van der Waals surface area contributed by atoms with Gasteiger partial charge in [0.15, 0.2) is 5.84 Å².